The van der Waals surface area contributed by atoms with Crippen molar-refractivity contribution >= 4 is 11.7 Å². The molecule has 0 aliphatic rings. The molecule has 1 aromatic carbocycles. The second-order valence-electron chi connectivity index (χ2n) is 4.24. The van der Waals surface area contributed by atoms with E-state index in [1.165, 1.54) is 13.2 Å². The van der Waals surface area contributed by atoms with Crippen LogP contribution in [0.5, 0.6) is 5.75 Å². The van der Waals surface area contributed by atoms with Gasteiger partial charge in [-0.2, -0.15) is 5.10 Å². The Morgan fingerprint density at radius 3 is 2.85 bits per heavy atom. The molecule has 0 spiro atoms. The van der Waals surface area contributed by atoms with Crippen molar-refractivity contribution in [3.8, 4) is 5.75 Å². The summed E-state index contributed by atoms with van der Waals surface area (Å²) in [7, 11) is 1.52. The fourth-order valence-corrected chi connectivity index (χ4v) is 1.75. The van der Waals surface area contributed by atoms with Crippen molar-refractivity contribution in [3.63, 3.8) is 0 Å². The predicted molar refractivity (Wildman–Crippen MR) is 74.4 cm³/mol. The maximum Gasteiger partial charge on any atom is 0.338 e. The minimum absolute atomic E-state index is 0.185. The molecule has 0 amide bonds. The maximum absolute atomic E-state index is 11.9. The molecule has 20 heavy (non-hydrogen) atoms. The molecule has 106 valence electrons. The number of nitrogens with two attached hydrogens (primary N) is 1. The third kappa shape index (κ3) is 3.09. The van der Waals surface area contributed by atoms with E-state index < -0.39 is 5.97 Å². The Balaban J connectivity index is 1.99. The second kappa shape index (κ2) is 6.10. The number of carbonyl (C=O) groups is 1. The summed E-state index contributed by atoms with van der Waals surface area (Å²) in [6.07, 6.45) is 3.52. The lowest BCUT2D eigenvalue weighted by molar-refractivity contribution is 0.0472. The fraction of sp³-hybridized carbons (Fsp3) is 0.286. The molecular weight excluding hydrogens is 258 g/mol. The molecule has 1 heterocycles. The lowest BCUT2D eigenvalue weighted by atomic mass is 10.2. The minimum atomic E-state index is -0.427. The van der Waals surface area contributed by atoms with Crippen LogP contribution in [0.15, 0.2) is 30.6 Å². The van der Waals surface area contributed by atoms with Gasteiger partial charge in [-0.3, -0.25) is 4.68 Å². The molecule has 2 N–H and O–H groups in total. The highest BCUT2D eigenvalue weighted by Crippen LogP contribution is 2.22. The molecule has 0 saturated carbocycles. The number of carbonyl (C=O) groups excluding carboxylic acids is 1. The van der Waals surface area contributed by atoms with Crippen LogP contribution in [0.2, 0.25) is 0 Å². The molecule has 2 aromatic rings. The Hall–Kier alpha value is -2.50. The second-order valence-corrected chi connectivity index (χ2v) is 4.24. The van der Waals surface area contributed by atoms with E-state index in [1.807, 2.05) is 13.1 Å². The quantitative estimate of drug-likeness (QED) is 0.665. The molecule has 6 heteroatoms. The Bertz CT molecular complexity index is 607. The van der Waals surface area contributed by atoms with Gasteiger partial charge in [-0.15, -0.1) is 0 Å². The Morgan fingerprint density at radius 2 is 2.25 bits per heavy atom. The Morgan fingerprint density at radius 1 is 1.45 bits per heavy atom. The van der Waals surface area contributed by atoms with Crippen LogP contribution in [0.25, 0.3) is 0 Å². The molecule has 0 aliphatic heterocycles. The lowest BCUT2D eigenvalue weighted by Gasteiger charge is -2.07. The number of ether oxygens (including phenoxy) is 2. The lowest BCUT2D eigenvalue weighted by Crippen LogP contribution is -2.06. The number of esters is 1. The number of aromatic nitrogens is 2. The number of benzene rings is 1. The topological polar surface area (TPSA) is 79.4 Å². The van der Waals surface area contributed by atoms with Crippen LogP contribution in [0.1, 0.15) is 22.8 Å². The van der Waals surface area contributed by atoms with Crippen molar-refractivity contribution in [2.75, 3.05) is 12.8 Å². The normalized spacial score (nSPS) is 10.3. The van der Waals surface area contributed by atoms with Gasteiger partial charge in [-0.05, 0) is 25.1 Å². The van der Waals surface area contributed by atoms with Gasteiger partial charge in [0, 0.05) is 18.3 Å². The molecule has 0 unspecified atom stereocenters. The number of anilines is 1. The largest absolute Gasteiger partial charge is 0.495 e. The van der Waals surface area contributed by atoms with Gasteiger partial charge >= 0.3 is 5.97 Å². The number of rotatable bonds is 5. The summed E-state index contributed by atoms with van der Waals surface area (Å²) in [4.78, 5) is 11.9. The standard InChI is InChI=1S/C14H17N3O3/c1-3-17-8-10(7-16-17)9-20-14(18)11-4-5-13(19-2)12(15)6-11/h4-8H,3,9,15H2,1-2H3. The smallest absolute Gasteiger partial charge is 0.338 e. The van der Waals surface area contributed by atoms with E-state index >= 15 is 0 Å². The molecule has 0 aliphatic carbocycles. The minimum Gasteiger partial charge on any atom is -0.495 e. The average molecular weight is 275 g/mol. The van der Waals surface area contributed by atoms with Gasteiger partial charge in [0.1, 0.15) is 12.4 Å². The van der Waals surface area contributed by atoms with Gasteiger partial charge in [-0.25, -0.2) is 4.79 Å². The maximum atomic E-state index is 11.9. The Kier molecular flexibility index (Phi) is 4.24. The molecule has 0 fully saturated rings. The molecule has 1 aromatic heterocycles. The first-order chi connectivity index (χ1) is 9.63. The summed E-state index contributed by atoms with van der Waals surface area (Å²) >= 11 is 0. The van der Waals surface area contributed by atoms with Crippen molar-refractivity contribution in [2.45, 2.75) is 20.1 Å². The van der Waals surface area contributed by atoms with Gasteiger partial charge in [0.05, 0.1) is 24.6 Å². The van der Waals surface area contributed by atoms with Crippen LogP contribution in [0.4, 0.5) is 5.69 Å². The van der Waals surface area contributed by atoms with Gasteiger partial charge in [0.2, 0.25) is 0 Å². The summed E-state index contributed by atoms with van der Waals surface area (Å²) in [5.41, 5.74) is 7.40. The van der Waals surface area contributed by atoms with E-state index in [0.717, 1.165) is 12.1 Å². The number of nitrogen functional groups attached to an aromatic ring is 1. The zero-order valence-corrected chi connectivity index (χ0v) is 11.5. The number of nitrogens with zero attached hydrogens (tertiary/aromatic N) is 2. The number of aryl methyl sites for hydroxylation is 1. The first-order valence-corrected chi connectivity index (χ1v) is 6.26. The number of hydrogen-bond acceptors (Lipinski definition) is 5. The highest BCUT2D eigenvalue weighted by Gasteiger charge is 2.10. The van der Waals surface area contributed by atoms with Gasteiger partial charge in [0.25, 0.3) is 0 Å². The van der Waals surface area contributed by atoms with E-state index in [-0.39, 0.29) is 6.61 Å². The third-order valence-corrected chi connectivity index (χ3v) is 2.85. The van der Waals surface area contributed by atoms with E-state index in [1.54, 1.807) is 23.0 Å². The monoisotopic (exact) mass is 275 g/mol. The number of hydrogen-bond donors (Lipinski definition) is 1. The molecule has 0 radical (unpaired) electrons. The third-order valence-electron chi connectivity index (χ3n) is 2.85. The molecule has 0 bridgehead atoms. The predicted octanol–water partition coefficient (Wildman–Crippen LogP) is 1.85. The summed E-state index contributed by atoms with van der Waals surface area (Å²) in [5.74, 6) is 0.106. The van der Waals surface area contributed by atoms with Crippen LogP contribution in [0, 0.1) is 0 Å². The van der Waals surface area contributed by atoms with Crippen LogP contribution < -0.4 is 10.5 Å². The van der Waals surface area contributed by atoms with Crippen LogP contribution in [-0.4, -0.2) is 22.9 Å². The van der Waals surface area contributed by atoms with E-state index in [2.05, 4.69) is 5.10 Å². The number of methoxy groups -OCH3 is 1. The summed E-state index contributed by atoms with van der Waals surface area (Å²) < 4.78 is 12.0. The van der Waals surface area contributed by atoms with Crippen LogP contribution >= 0.6 is 0 Å². The average Bonchev–Trinajstić information content (AvgIpc) is 2.92. The van der Waals surface area contributed by atoms with Crippen LogP contribution in [-0.2, 0) is 17.9 Å². The molecule has 2 rings (SSSR count). The Labute approximate surface area is 117 Å². The van der Waals surface area contributed by atoms with Crippen molar-refractivity contribution < 1.29 is 14.3 Å². The molecule has 0 atom stereocenters. The molecule has 6 nitrogen and oxygen atoms in total. The van der Waals surface area contributed by atoms with Crippen molar-refractivity contribution in [1.82, 2.24) is 9.78 Å². The summed E-state index contributed by atoms with van der Waals surface area (Å²) in [6, 6.07) is 4.80. The first kappa shape index (κ1) is 13.9. The van der Waals surface area contributed by atoms with Crippen molar-refractivity contribution in [3.05, 3.63) is 41.7 Å². The van der Waals surface area contributed by atoms with E-state index in [0.29, 0.717) is 17.0 Å². The van der Waals surface area contributed by atoms with Crippen molar-refractivity contribution in [2.24, 2.45) is 0 Å². The summed E-state index contributed by atoms with van der Waals surface area (Å²) in [5, 5.41) is 4.11. The summed E-state index contributed by atoms with van der Waals surface area (Å²) in [6.45, 7) is 2.96. The molecule has 0 saturated heterocycles. The zero-order valence-electron chi connectivity index (χ0n) is 11.5. The van der Waals surface area contributed by atoms with Gasteiger partial charge < -0.3 is 15.2 Å². The van der Waals surface area contributed by atoms with E-state index in [9.17, 15) is 4.79 Å². The van der Waals surface area contributed by atoms with Gasteiger partial charge in [-0.1, -0.05) is 0 Å². The first-order valence-electron chi connectivity index (χ1n) is 6.26. The molecular formula is C14H17N3O3. The highest BCUT2D eigenvalue weighted by atomic mass is 16.5. The van der Waals surface area contributed by atoms with Crippen LogP contribution in [0.3, 0.4) is 0 Å². The zero-order chi connectivity index (χ0) is 14.5. The van der Waals surface area contributed by atoms with Gasteiger partial charge in [0.15, 0.2) is 0 Å². The highest BCUT2D eigenvalue weighted by molar-refractivity contribution is 5.91. The fourth-order valence-electron chi connectivity index (χ4n) is 1.75. The van der Waals surface area contributed by atoms with Crippen molar-refractivity contribution in [1.29, 1.82) is 0 Å². The SMILES string of the molecule is CCn1cc(COC(=O)c2ccc(OC)c(N)c2)cn1. The van der Waals surface area contributed by atoms with E-state index in [4.69, 9.17) is 15.2 Å².